The fraction of sp³-hybridized carbons (Fsp3) is 0.548. The summed E-state index contributed by atoms with van der Waals surface area (Å²) in [4.78, 5) is 26.0. The van der Waals surface area contributed by atoms with Crippen molar-refractivity contribution in [1.29, 1.82) is 0 Å². The first kappa shape index (κ1) is 33.3. The smallest absolute Gasteiger partial charge is 0.475 e. The molecule has 1 saturated heterocycles. The van der Waals surface area contributed by atoms with Crippen molar-refractivity contribution in [2.24, 2.45) is 5.92 Å². The van der Waals surface area contributed by atoms with Crippen molar-refractivity contribution in [3.05, 3.63) is 71.3 Å². The molecule has 1 aliphatic carbocycles. The third kappa shape index (κ3) is 11.2. The number of urea groups is 1. The molecule has 11 heteroatoms. The Hall–Kier alpha value is -3.21. The Kier molecular flexibility index (Phi) is 13.0. The second kappa shape index (κ2) is 16.4. The van der Waals surface area contributed by atoms with Crippen molar-refractivity contribution in [1.82, 2.24) is 15.1 Å². The second-order valence-corrected chi connectivity index (χ2v) is 11.0. The highest BCUT2D eigenvalue weighted by molar-refractivity contribution is 5.74. The van der Waals surface area contributed by atoms with Gasteiger partial charge in [-0.05, 0) is 81.8 Å². The van der Waals surface area contributed by atoms with Crippen LogP contribution in [0.15, 0.2) is 48.5 Å². The number of likely N-dealkylation sites (tertiary alicyclic amines) is 1. The minimum atomic E-state index is -5.08. The van der Waals surface area contributed by atoms with Crippen molar-refractivity contribution in [3.63, 3.8) is 0 Å². The van der Waals surface area contributed by atoms with Crippen molar-refractivity contribution >= 4 is 12.0 Å². The number of nitrogens with one attached hydrogen (secondary N) is 1. The van der Waals surface area contributed by atoms with Gasteiger partial charge in [0.25, 0.3) is 0 Å². The van der Waals surface area contributed by atoms with E-state index >= 15 is 0 Å². The standard InChI is InChI=1S/C29H39F2N3O.C2HF3O2/c30-27-13-7-14-28(31)26(27)22-34(29(35)32-25-11-5-2-6-12-25)18-8-17-33-19-15-24(16-20-33)21-23-9-3-1-4-10-23;3-2(4,5)1(6)7/h1,3-4,7,9-10,13-14,24-25H,2,5-6,8,11-12,15-22H2,(H,32,35);(H,6,7). The molecule has 0 unspecified atom stereocenters. The molecular formula is C31H40F5N3O3. The summed E-state index contributed by atoms with van der Waals surface area (Å²) < 4.78 is 60.4. The average molecular weight is 598 g/mol. The number of carboxylic acid groups (broad SMARTS) is 1. The summed E-state index contributed by atoms with van der Waals surface area (Å²) in [5.74, 6) is -3.23. The van der Waals surface area contributed by atoms with E-state index in [9.17, 15) is 26.7 Å². The van der Waals surface area contributed by atoms with Gasteiger partial charge in [0.15, 0.2) is 0 Å². The van der Waals surface area contributed by atoms with Gasteiger partial charge in [0.2, 0.25) is 0 Å². The van der Waals surface area contributed by atoms with Gasteiger partial charge in [-0.2, -0.15) is 13.2 Å². The topological polar surface area (TPSA) is 72.9 Å². The fourth-order valence-corrected chi connectivity index (χ4v) is 5.49. The van der Waals surface area contributed by atoms with Gasteiger partial charge in [-0.15, -0.1) is 0 Å². The van der Waals surface area contributed by atoms with Crippen LogP contribution >= 0.6 is 0 Å². The zero-order valence-corrected chi connectivity index (χ0v) is 23.7. The summed E-state index contributed by atoms with van der Waals surface area (Å²) in [6.07, 6.45) is 4.61. The zero-order chi connectivity index (χ0) is 30.5. The summed E-state index contributed by atoms with van der Waals surface area (Å²) >= 11 is 0. The first-order chi connectivity index (χ1) is 20.0. The third-order valence-corrected chi connectivity index (χ3v) is 7.85. The van der Waals surface area contributed by atoms with Crippen LogP contribution in [-0.2, 0) is 17.8 Å². The van der Waals surface area contributed by atoms with Crippen LogP contribution in [0.3, 0.4) is 0 Å². The summed E-state index contributed by atoms with van der Waals surface area (Å²) in [5, 5.41) is 10.2. The lowest BCUT2D eigenvalue weighted by Crippen LogP contribution is -2.46. The molecule has 2 N–H and O–H groups in total. The van der Waals surface area contributed by atoms with E-state index in [1.165, 1.54) is 43.0 Å². The molecule has 0 atom stereocenters. The molecule has 42 heavy (non-hydrogen) atoms. The molecule has 0 bridgehead atoms. The van der Waals surface area contributed by atoms with Gasteiger partial charge in [-0.25, -0.2) is 18.4 Å². The summed E-state index contributed by atoms with van der Waals surface area (Å²) in [6, 6.07) is 14.5. The Morgan fingerprint density at radius 2 is 1.50 bits per heavy atom. The minimum Gasteiger partial charge on any atom is -0.475 e. The molecule has 232 valence electrons. The monoisotopic (exact) mass is 597 g/mol. The molecule has 2 fully saturated rings. The lowest BCUT2D eigenvalue weighted by atomic mass is 9.90. The first-order valence-corrected chi connectivity index (χ1v) is 14.6. The maximum atomic E-state index is 14.3. The van der Waals surface area contributed by atoms with Crippen LogP contribution in [0.4, 0.5) is 26.7 Å². The number of rotatable bonds is 9. The van der Waals surface area contributed by atoms with Gasteiger partial charge in [-0.3, -0.25) is 0 Å². The maximum absolute atomic E-state index is 14.3. The number of nitrogens with zero attached hydrogens (tertiary/aromatic N) is 2. The Morgan fingerprint density at radius 1 is 0.905 bits per heavy atom. The van der Waals surface area contributed by atoms with Crippen molar-refractivity contribution in [3.8, 4) is 0 Å². The highest BCUT2D eigenvalue weighted by Crippen LogP contribution is 2.23. The number of carbonyl (C=O) groups excluding carboxylic acids is 1. The highest BCUT2D eigenvalue weighted by Gasteiger charge is 2.38. The van der Waals surface area contributed by atoms with Crippen LogP contribution in [0.25, 0.3) is 0 Å². The van der Waals surface area contributed by atoms with Gasteiger partial charge < -0.3 is 20.2 Å². The second-order valence-electron chi connectivity index (χ2n) is 11.0. The van der Waals surface area contributed by atoms with E-state index in [4.69, 9.17) is 9.90 Å². The van der Waals surface area contributed by atoms with E-state index in [2.05, 4.69) is 40.5 Å². The van der Waals surface area contributed by atoms with E-state index in [0.29, 0.717) is 6.54 Å². The number of alkyl halides is 3. The molecule has 2 aliphatic rings. The highest BCUT2D eigenvalue weighted by atomic mass is 19.4. The van der Waals surface area contributed by atoms with Crippen molar-refractivity contribution < 1.29 is 36.6 Å². The fourth-order valence-electron chi connectivity index (χ4n) is 5.49. The quantitative estimate of drug-likeness (QED) is 0.313. The summed E-state index contributed by atoms with van der Waals surface area (Å²) in [5.41, 5.74) is 1.37. The molecule has 4 rings (SSSR count). The number of piperidine rings is 1. The molecule has 2 aromatic rings. The predicted octanol–water partition coefficient (Wildman–Crippen LogP) is 6.79. The number of carbonyl (C=O) groups is 2. The Bertz CT molecular complexity index is 1100. The lowest BCUT2D eigenvalue weighted by molar-refractivity contribution is -0.192. The Balaban J connectivity index is 0.000000616. The number of hydrogen-bond acceptors (Lipinski definition) is 3. The molecule has 1 heterocycles. The predicted molar refractivity (Wildman–Crippen MR) is 150 cm³/mol. The Labute approximate surface area is 243 Å². The van der Waals surface area contributed by atoms with Gasteiger partial charge in [0.05, 0.1) is 6.54 Å². The van der Waals surface area contributed by atoms with Gasteiger partial charge in [0.1, 0.15) is 11.6 Å². The number of benzene rings is 2. The molecule has 2 aromatic carbocycles. The van der Waals surface area contributed by atoms with Crippen LogP contribution in [0.2, 0.25) is 0 Å². The first-order valence-electron chi connectivity index (χ1n) is 14.6. The molecule has 0 aromatic heterocycles. The number of carboxylic acids is 1. The Morgan fingerprint density at radius 3 is 2.07 bits per heavy atom. The number of hydrogen-bond donors (Lipinski definition) is 2. The number of amides is 2. The van der Waals surface area contributed by atoms with E-state index in [1.54, 1.807) is 4.90 Å². The molecule has 6 nitrogen and oxygen atoms in total. The normalized spacial score (nSPS) is 16.8. The lowest BCUT2D eigenvalue weighted by Gasteiger charge is -2.33. The zero-order valence-electron chi connectivity index (χ0n) is 23.7. The van der Waals surface area contributed by atoms with Gasteiger partial charge in [0, 0.05) is 18.2 Å². The van der Waals surface area contributed by atoms with Crippen LogP contribution in [0, 0.1) is 17.6 Å². The van der Waals surface area contributed by atoms with E-state index in [0.717, 1.165) is 64.1 Å². The van der Waals surface area contributed by atoms with Crippen molar-refractivity contribution in [2.75, 3.05) is 26.2 Å². The molecule has 0 spiro atoms. The molecule has 1 aliphatic heterocycles. The van der Waals surface area contributed by atoms with Gasteiger partial charge >= 0.3 is 18.2 Å². The molecule has 2 amide bonds. The molecular weight excluding hydrogens is 557 g/mol. The molecule has 0 radical (unpaired) electrons. The van der Waals surface area contributed by atoms with Crippen LogP contribution in [0.5, 0.6) is 0 Å². The van der Waals surface area contributed by atoms with Crippen LogP contribution in [0.1, 0.15) is 62.5 Å². The van der Waals surface area contributed by atoms with Crippen LogP contribution in [-0.4, -0.2) is 65.3 Å². The molecule has 1 saturated carbocycles. The van der Waals surface area contributed by atoms with Gasteiger partial charge in [-0.1, -0.05) is 55.7 Å². The van der Waals surface area contributed by atoms with E-state index < -0.39 is 23.8 Å². The van der Waals surface area contributed by atoms with E-state index in [-0.39, 0.29) is 24.2 Å². The maximum Gasteiger partial charge on any atom is 0.490 e. The summed E-state index contributed by atoms with van der Waals surface area (Å²) in [6.45, 7) is 3.46. The average Bonchev–Trinajstić information content (AvgIpc) is 2.96. The number of halogens is 5. The summed E-state index contributed by atoms with van der Waals surface area (Å²) in [7, 11) is 0. The SMILES string of the molecule is O=C(NC1CCCCC1)N(CCCN1CCC(Cc2ccccc2)CC1)Cc1c(F)cccc1F.O=C(O)C(F)(F)F. The largest absolute Gasteiger partial charge is 0.490 e. The van der Waals surface area contributed by atoms with Crippen LogP contribution < -0.4 is 5.32 Å². The van der Waals surface area contributed by atoms with E-state index in [1.807, 2.05) is 0 Å². The number of aliphatic carboxylic acids is 1. The van der Waals surface area contributed by atoms with Crippen molar-refractivity contribution in [2.45, 2.75) is 76.6 Å². The third-order valence-electron chi connectivity index (χ3n) is 7.85. The minimum absolute atomic E-state index is 0.0342.